The molecule has 0 radical (unpaired) electrons. The molecule has 0 saturated carbocycles. The van der Waals surface area contributed by atoms with Gasteiger partial charge in [0.25, 0.3) is 0 Å². The Morgan fingerprint density at radius 2 is 2.00 bits per heavy atom. The zero-order valence-corrected chi connectivity index (χ0v) is 8.13. The first-order valence-corrected chi connectivity index (χ1v) is 4.47. The molecule has 1 unspecified atom stereocenters. The van der Waals surface area contributed by atoms with Crippen molar-refractivity contribution >= 4 is 5.97 Å². The minimum Gasteiger partial charge on any atom is -0.481 e. The van der Waals surface area contributed by atoms with Crippen LogP contribution >= 0.6 is 0 Å². The zero-order valence-electron chi connectivity index (χ0n) is 8.13. The highest BCUT2D eigenvalue weighted by Crippen LogP contribution is 1.99. The fraction of sp³-hybridized carbons (Fsp3) is 0.889. The van der Waals surface area contributed by atoms with Gasteiger partial charge in [0.1, 0.15) is 0 Å². The molecule has 0 aliphatic carbocycles. The molecule has 3 heteroatoms. The molecule has 0 spiro atoms. The van der Waals surface area contributed by atoms with E-state index in [4.69, 9.17) is 5.11 Å². The second-order valence-electron chi connectivity index (χ2n) is 3.63. The first kappa shape index (κ1) is 11.4. The lowest BCUT2D eigenvalue weighted by Crippen LogP contribution is -2.24. The van der Waals surface area contributed by atoms with Crippen LogP contribution in [0.4, 0.5) is 0 Å². The molecule has 0 heterocycles. The molecule has 0 aromatic heterocycles. The maximum atomic E-state index is 10.4. The van der Waals surface area contributed by atoms with E-state index in [1.807, 2.05) is 0 Å². The minimum absolute atomic E-state index is 0.232. The van der Waals surface area contributed by atoms with Gasteiger partial charge in [0.15, 0.2) is 0 Å². The normalized spacial score (nSPS) is 13.3. The molecule has 0 aromatic carbocycles. The van der Waals surface area contributed by atoms with E-state index in [2.05, 4.69) is 19.2 Å². The lowest BCUT2D eigenvalue weighted by molar-refractivity contribution is -0.141. The highest BCUT2D eigenvalue weighted by molar-refractivity contribution is 5.69. The van der Waals surface area contributed by atoms with Crippen LogP contribution in [0, 0.1) is 11.8 Å². The zero-order chi connectivity index (χ0) is 9.56. The third-order valence-electron chi connectivity index (χ3n) is 1.73. The number of hydrogen-bond acceptors (Lipinski definition) is 2. The molecule has 3 nitrogen and oxygen atoms in total. The smallest absolute Gasteiger partial charge is 0.306 e. The van der Waals surface area contributed by atoms with Crippen molar-refractivity contribution < 1.29 is 9.90 Å². The van der Waals surface area contributed by atoms with E-state index in [9.17, 15) is 4.79 Å². The summed E-state index contributed by atoms with van der Waals surface area (Å²) in [5.74, 6) is -0.309. The number of aliphatic carboxylic acids is 1. The summed E-state index contributed by atoms with van der Waals surface area (Å²) in [6.45, 7) is 7.76. The summed E-state index contributed by atoms with van der Waals surface area (Å²) >= 11 is 0. The average Bonchev–Trinajstić information content (AvgIpc) is 1.97. The van der Waals surface area contributed by atoms with Crippen molar-refractivity contribution in [2.75, 3.05) is 13.1 Å². The Morgan fingerprint density at radius 3 is 2.42 bits per heavy atom. The first-order valence-electron chi connectivity index (χ1n) is 4.47. The molecule has 72 valence electrons. The van der Waals surface area contributed by atoms with Crippen LogP contribution in [0.15, 0.2) is 0 Å². The number of carboxylic acids is 1. The average molecular weight is 173 g/mol. The van der Waals surface area contributed by atoms with Crippen LogP contribution in [0.1, 0.15) is 27.2 Å². The van der Waals surface area contributed by atoms with Crippen LogP contribution in [0.2, 0.25) is 0 Å². The minimum atomic E-state index is -0.707. The Morgan fingerprint density at radius 1 is 1.42 bits per heavy atom. The maximum absolute atomic E-state index is 10.4. The predicted octanol–water partition coefficient (Wildman–Crippen LogP) is 1.34. The summed E-state index contributed by atoms with van der Waals surface area (Å²) in [5, 5.41) is 11.8. The number of nitrogens with one attached hydrogen (secondary N) is 1. The van der Waals surface area contributed by atoms with E-state index < -0.39 is 5.97 Å². The van der Waals surface area contributed by atoms with Gasteiger partial charge >= 0.3 is 5.97 Å². The van der Waals surface area contributed by atoms with Crippen molar-refractivity contribution in [2.24, 2.45) is 11.8 Å². The Bertz CT molecular complexity index is 134. The van der Waals surface area contributed by atoms with Crippen molar-refractivity contribution in [3.63, 3.8) is 0 Å². The number of hydrogen-bond donors (Lipinski definition) is 2. The summed E-state index contributed by atoms with van der Waals surface area (Å²) in [4.78, 5) is 10.4. The monoisotopic (exact) mass is 173 g/mol. The van der Waals surface area contributed by atoms with Crippen molar-refractivity contribution in [1.29, 1.82) is 0 Å². The molecule has 0 fully saturated rings. The summed E-state index contributed by atoms with van der Waals surface area (Å²) in [5.41, 5.74) is 0. The van der Waals surface area contributed by atoms with Gasteiger partial charge in [-0.2, -0.15) is 0 Å². The number of carbonyl (C=O) groups is 1. The Labute approximate surface area is 74.2 Å². The van der Waals surface area contributed by atoms with Gasteiger partial charge in [-0.05, 0) is 25.4 Å². The number of carboxylic acid groups (broad SMARTS) is 1. The van der Waals surface area contributed by atoms with Gasteiger partial charge in [-0.15, -0.1) is 0 Å². The Hall–Kier alpha value is -0.570. The third kappa shape index (κ3) is 6.16. The second-order valence-corrected chi connectivity index (χ2v) is 3.63. The van der Waals surface area contributed by atoms with E-state index in [1.165, 1.54) is 0 Å². The summed E-state index contributed by atoms with van der Waals surface area (Å²) in [6.07, 6.45) is 0.710. The lowest BCUT2D eigenvalue weighted by Gasteiger charge is -2.08. The largest absolute Gasteiger partial charge is 0.481 e. The molecule has 12 heavy (non-hydrogen) atoms. The molecule has 0 rings (SSSR count). The fourth-order valence-electron chi connectivity index (χ4n) is 0.833. The molecule has 2 N–H and O–H groups in total. The van der Waals surface area contributed by atoms with Crippen molar-refractivity contribution in [2.45, 2.75) is 27.2 Å². The highest BCUT2D eigenvalue weighted by Gasteiger charge is 2.09. The van der Waals surface area contributed by atoms with Gasteiger partial charge in [-0.1, -0.05) is 20.8 Å². The van der Waals surface area contributed by atoms with E-state index in [0.717, 1.165) is 13.1 Å². The van der Waals surface area contributed by atoms with E-state index in [0.29, 0.717) is 12.3 Å². The van der Waals surface area contributed by atoms with Gasteiger partial charge in [0.2, 0.25) is 0 Å². The van der Waals surface area contributed by atoms with Crippen molar-refractivity contribution in [3.05, 3.63) is 0 Å². The fourth-order valence-corrected chi connectivity index (χ4v) is 0.833. The van der Waals surface area contributed by atoms with Gasteiger partial charge in [0, 0.05) is 0 Å². The first-order chi connectivity index (χ1) is 5.54. The lowest BCUT2D eigenvalue weighted by atomic mass is 10.1. The Kier molecular flexibility index (Phi) is 5.72. The molecule has 0 aliphatic heterocycles. The molecular formula is C9H19NO2. The van der Waals surface area contributed by atoms with Crippen LogP contribution in [0.25, 0.3) is 0 Å². The maximum Gasteiger partial charge on any atom is 0.306 e. The molecule has 0 saturated heterocycles. The third-order valence-corrected chi connectivity index (χ3v) is 1.73. The van der Waals surface area contributed by atoms with Crippen LogP contribution in [-0.4, -0.2) is 24.2 Å². The van der Waals surface area contributed by atoms with Crippen LogP contribution in [0.3, 0.4) is 0 Å². The van der Waals surface area contributed by atoms with Gasteiger partial charge in [-0.3, -0.25) is 4.79 Å². The van der Waals surface area contributed by atoms with E-state index >= 15 is 0 Å². The summed E-state index contributed by atoms with van der Waals surface area (Å²) < 4.78 is 0. The van der Waals surface area contributed by atoms with Gasteiger partial charge in [0.05, 0.1) is 5.92 Å². The van der Waals surface area contributed by atoms with Gasteiger partial charge in [-0.25, -0.2) is 0 Å². The standard InChI is InChI=1S/C9H19NO2/c1-7(2)6-10-5-4-8(3)9(11)12/h7-8,10H,4-6H2,1-3H3,(H,11,12). The van der Waals surface area contributed by atoms with Crippen LogP contribution in [0.5, 0.6) is 0 Å². The molecule has 0 aliphatic rings. The molecule has 1 atom stereocenters. The summed E-state index contributed by atoms with van der Waals surface area (Å²) in [6, 6.07) is 0. The topological polar surface area (TPSA) is 49.3 Å². The second kappa shape index (κ2) is 6.00. The quantitative estimate of drug-likeness (QED) is 0.596. The SMILES string of the molecule is CC(C)CNCCC(C)C(=O)O. The molecule has 0 aromatic rings. The predicted molar refractivity (Wildman–Crippen MR) is 49.1 cm³/mol. The van der Waals surface area contributed by atoms with E-state index in [1.54, 1.807) is 6.92 Å². The highest BCUT2D eigenvalue weighted by atomic mass is 16.4. The van der Waals surface area contributed by atoms with Crippen LogP contribution < -0.4 is 5.32 Å². The van der Waals surface area contributed by atoms with Crippen LogP contribution in [-0.2, 0) is 4.79 Å². The summed E-state index contributed by atoms with van der Waals surface area (Å²) in [7, 11) is 0. The molecular weight excluding hydrogens is 154 g/mol. The molecule has 0 amide bonds. The van der Waals surface area contributed by atoms with Gasteiger partial charge < -0.3 is 10.4 Å². The number of rotatable bonds is 6. The Balaban J connectivity index is 3.25. The van der Waals surface area contributed by atoms with Crippen molar-refractivity contribution in [3.8, 4) is 0 Å². The van der Waals surface area contributed by atoms with E-state index in [-0.39, 0.29) is 5.92 Å². The van der Waals surface area contributed by atoms with Crippen molar-refractivity contribution in [1.82, 2.24) is 5.32 Å². The molecule has 0 bridgehead atoms.